The van der Waals surface area contributed by atoms with Gasteiger partial charge < -0.3 is 34.5 Å². The fourth-order valence-corrected chi connectivity index (χ4v) is 7.86. The lowest BCUT2D eigenvalue weighted by Gasteiger charge is -2.30. The Hall–Kier alpha value is -5.16. The van der Waals surface area contributed by atoms with Crippen molar-refractivity contribution in [3.05, 3.63) is 66.7 Å². The van der Waals surface area contributed by atoms with Gasteiger partial charge in [0.1, 0.15) is 35.1 Å². The molecule has 0 radical (unpaired) electrons. The molecule has 2 aliphatic carbocycles. The fourth-order valence-electron chi connectivity index (χ4n) is 6.50. The van der Waals surface area contributed by atoms with Gasteiger partial charge in [-0.15, -0.1) is 0 Å². The highest BCUT2D eigenvalue weighted by Crippen LogP contribution is 2.46. The number of carbonyl (C=O) groups excluding carboxylic acids is 5. The van der Waals surface area contributed by atoms with E-state index in [-0.39, 0.29) is 32.6 Å². The summed E-state index contributed by atoms with van der Waals surface area (Å²) in [4.78, 5) is 69.5. The average molecular weight is 782 g/mol. The number of sulfonamides is 1. The number of ether oxygens (including phenoxy) is 4. The highest BCUT2D eigenvalue weighted by atomic mass is 32.2. The molecule has 0 aromatic heterocycles. The molecule has 0 bridgehead atoms. The highest BCUT2D eigenvalue weighted by molar-refractivity contribution is 7.91. The first kappa shape index (κ1) is 39.5. The van der Waals surface area contributed by atoms with Gasteiger partial charge in [-0.2, -0.15) is 0 Å². The van der Waals surface area contributed by atoms with Crippen molar-refractivity contribution >= 4 is 45.6 Å². The predicted molar refractivity (Wildman–Crippen MR) is 198 cm³/mol. The first-order valence-corrected chi connectivity index (χ1v) is 19.9. The topological polar surface area (TPSA) is 208 Å². The van der Waals surface area contributed by atoms with Crippen molar-refractivity contribution < 1.29 is 51.3 Å². The van der Waals surface area contributed by atoms with E-state index < -0.39 is 80.4 Å². The SMILES string of the molecule is CC(C)(C)OC(=O)N[C@H]1COCCCC=C[C@@H]2C[C@@]2(C(=O)NS(=O)(=O)C2CC2)NC(=O)[C@@H]2C[C@@H](OC(=O)Nc3ccccc3Oc3ccccc3)CN2C1=O. The second-order valence-electron chi connectivity index (χ2n) is 15.1. The predicted octanol–water partition coefficient (Wildman–Crippen LogP) is 3.74. The summed E-state index contributed by atoms with van der Waals surface area (Å²) in [6, 6.07) is 13.1. The number of rotatable bonds is 8. The van der Waals surface area contributed by atoms with E-state index in [0.29, 0.717) is 42.9 Å². The number of alkyl carbamates (subject to hydrolysis) is 1. The number of carbonyl (C=O) groups is 5. The van der Waals surface area contributed by atoms with E-state index >= 15 is 0 Å². The van der Waals surface area contributed by atoms with Crippen LogP contribution in [0, 0.1) is 5.92 Å². The molecule has 17 heteroatoms. The van der Waals surface area contributed by atoms with Crippen LogP contribution in [0.15, 0.2) is 66.7 Å². The quantitative estimate of drug-likeness (QED) is 0.284. The molecule has 16 nitrogen and oxygen atoms in total. The summed E-state index contributed by atoms with van der Waals surface area (Å²) >= 11 is 0. The molecule has 2 heterocycles. The van der Waals surface area contributed by atoms with Crippen LogP contribution in [0.25, 0.3) is 0 Å². The van der Waals surface area contributed by atoms with Crippen LogP contribution < -0.4 is 25.4 Å². The summed E-state index contributed by atoms with van der Waals surface area (Å²) in [5.74, 6) is -1.97. The van der Waals surface area contributed by atoms with E-state index in [9.17, 15) is 32.4 Å². The average Bonchev–Trinajstić information content (AvgIpc) is 4.04. The number of para-hydroxylation sites is 3. The molecule has 4 N–H and O–H groups in total. The Morgan fingerprint density at radius 3 is 2.45 bits per heavy atom. The zero-order valence-corrected chi connectivity index (χ0v) is 31.8. The van der Waals surface area contributed by atoms with Crippen molar-refractivity contribution in [3.63, 3.8) is 0 Å². The van der Waals surface area contributed by atoms with Crippen LogP contribution in [0.2, 0.25) is 0 Å². The van der Waals surface area contributed by atoms with Gasteiger partial charge in [0.15, 0.2) is 5.75 Å². The smallest absolute Gasteiger partial charge is 0.412 e. The molecule has 5 atom stereocenters. The number of hydrogen-bond acceptors (Lipinski definition) is 11. The van der Waals surface area contributed by atoms with Gasteiger partial charge in [-0.3, -0.25) is 24.4 Å². The maximum absolute atomic E-state index is 14.3. The van der Waals surface area contributed by atoms with Gasteiger partial charge in [0.05, 0.1) is 24.1 Å². The van der Waals surface area contributed by atoms with Gasteiger partial charge in [-0.05, 0) is 77.1 Å². The van der Waals surface area contributed by atoms with Crippen LogP contribution in [0.4, 0.5) is 15.3 Å². The number of nitrogens with zero attached hydrogens (tertiary/aromatic N) is 1. The lowest BCUT2D eigenvalue weighted by atomic mass is 10.1. The zero-order valence-electron chi connectivity index (χ0n) is 30.9. The third-order valence-corrected chi connectivity index (χ3v) is 11.3. The molecule has 0 unspecified atom stereocenters. The third-order valence-electron chi connectivity index (χ3n) is 9.48. The zero-order chi connectivity index (χ0) is 39.4. The minimum Gasteiger partial charge on any atom is -0.455 e. The van der Waals surface area contributed by atoms with Gasteiger partial charge in [-0.1, -0.05) is 42.5 Å². The van der Waals surface area contributed by atoms with Crippen molar-refractivity contribution in [2.75, 3.05) is 25.1 Å². The summed E-state index contributed by atoms with van der Waals surface area (Å²) < 4.78 is 50.6. The van der Waals surface area contributed by atoms with Crippen molar-refractivity contribution in [2.24, 2.45) is 5.92 Å². The van der Waals surface area contributed by atoms with E-state index in [1.165, 1.54) is 4.90 Å². The Labute approximate surface area is 319 Å². The van der Waals surface area contributed by atoms with E-state index in [4.69, 9.17) is 18.9 Å². The minimum atomic E-state index is -3.94. The molecule has 1 saturated heterocycles. The fraction of sp³-hybridized carbons (Fsp3) is 0.500. The molecule has 55 heavy (non-hydrogen) atoms. The summed E-state index contributed by atoms with van der Waals surface area (Å²) in [6.45, 7) is 4.73. The number of amides is 5. The lowest BCUT2D eigenvalue weighted by molar-refractivity contribution is -0.142. The number of hydrogen-bond donors (Lipinski definition) is 4. The maximum atomic E-state index is 14.3. The first-order chi connectivity index (χ1) is 26.1. The largest absolute Gasteiger partial charge is 0.455 e. The van der Waals surface area contributed by atoms with E-state index in [2.05, 4.69) is 20.7 Å². The lowest BCUT2D eigenvalue weighted by Crippen LogP contribution is -2.59. The number of anilines is 1. The van der Waals surface area contributed by atoms with Gasteiger partial charge >= 0.3 is 12.2 Å². The van der Waals surface area contributed by atoms with Crippen molar-refractivity contribution in [2.45, 2.75) is 93.9 Å². The highest BCUT2D eigenvalue weighted by Gasteiger charge is 2.62. The van der Waals surface area contributed by atoms with E-state index in [1.54, 1.807) is 75.4 Å². The molecule has 3 fully saturated rings. The summed E-state index contributed by atoms with van der Waals surface area (Å²) in [5, 5.41) is 7.32. The molecular formula is C38H47N5O11S. The summed E-state index contributed by atoms with van der Waals surface area (Å²) in [6.07, 6.45) is 2.73. The van der Waals surface area contributed by atoms with Crippen molar-refractivity contribution in [1.29, 1.82) is 0 Å². The van der Waals surface area contributed by atoms with Gasteiger partial charge in [0.2, 0.25) is 21.8 Å². The standard InChI is InChI=1S/C38H47N5O11S/c1-37(2,3)54-36(48)40-29-23-51-19-11-5-6-12-24-21-38(24,34(46)42-55(49,50)27-17-18-27)41-32(44)30-20-26(22-43(30)33(29)45)53-35(47)39-28-15-9-10-16-31(28)52-25-13-7-4-8-14-25/h4,6-10,12-16,24,26-27,29-30H,5,11,17-23H2,1-3H3,(H,39,47)(H,40,48)(H,41,44)(H,42,46)/t24-,26-,29+,30+,38-/m1/s1. The Morgan fingerprint density at radius 1 is 1.00 bits per heavy atom. The Balaban J connectivity index is 1.24. The number of allylic oxidation sites excluding steroid dienone is 1. The normalized spacial score (nSPS) is 25.8. The maximum Gasteiger partial charge on any atom is 0.412 e. The van der Waals surface area contributed by atoms with Crippen LogP contribution in [-0.4, -0.2) is 97.6 Å². The number of nitrogens with one attached hydrogen (secondary N) is 4. The van der Waals surface area contributed by atoms with Crippen LogP contribution in [0.3, 0.4) is 0 Å². The molecule has 6 rings (SSSR count). The Morgan fingerprint density at radius 2 is 1.73 bits per heavy atom. The van der Waals surface area contributed by atoms with Crippen LogP contribution in [0.1, 0.15) is 59.3 Å². The third kappa shape index (κ3) is 10.1. The molecule has 5 amide bonds. The van der Waals surface area contributed by atoms with Gasteiger partial charge in [0.25, 0.3) is 5.91 Å². The van der Waals surface area contributed by atoms with Crippen LogP contribution in [-0.2, 0) is 38.6 Å². The van der Waals surface area contributed by atoms with Crippen LogP contribution >= 0.6 is 0 Å². The minimum absolute atomic E-state index is 0.133. The molecular weight excluding hydrogens is 735 g/mol. The monoisotopic (exact) mass is 781 g/mol. The van der Waals surface area contributed by atoms with Crippen LogP contribution in [0.5, 0.6) is 11.5 Å². The van der Waals surface area contributed by atoms with E-state index in [1.807, 2.05) is 12.1 Å². The summed E-state index contributed by atoms with van der Waals surface area (Å²) in [5.41, 5.74) is -2.16. The van der Waals surface area contributed by atoms with Gasteiger partial charge in [0, 0.05) is 18.9 Å². The Kier molecular flexibility index (Phi) is 11.7. The van der Waals surface area contributed by atoms with Crippen molar-refractivity contribution in [3.8, 4) is 11.5 Å². The van der Waals surface area contributed by atoms with Crippen molar-refractivity contribution in [1.82, 2.24) is 20.3 Å². The second-order valence-corrected chi connectivity index (χ2v) is 17.1. The number of fused-ring (bicyclic) bond motifs is 2. The summed E-state index contributed by atoms with van der Waals surface area (Å²) in [7, 11) is -3.94. The number of benzene rings is 2. The Bertz CT molecular complexity index is 1910. The molecule has 2 aliphatic heterocycles. The first-order valence-electron chi connectivity index (χ1n) is 18.4. The molecule has 2 aromatic rings. The molecule has 296 valence electrons. The molecule has 4 aliphatic rings. The second kappa shape index (κ2) is 16.3. The molecule has 2 saturated carbocycles. The molecule has 0 spiro atoms. The molecule has 2 aromatic carbocycles. The van der Waals surface area contributed by atoms with Gasteiger partial charge in [-0.25, -0.2) is 18.0 Å². The van der Waals surface area contributed by atoms with E-state index in [0.717, 1.165) is 0 Å².